The molecule has 0 unspecified atom stereocenters. The number of hydrogen-bond donors (Lipinski definition) is 1. The van der Waals surface area contributed by atoms with Crippen molar-refractivity contribution in [2.45, 2.75) is 6.61 Å². The van der Waals surface area contributed by atoms with Crippen molar-refractivity contribution >= 4 is 33.9 Å². The number of nitrogens with two attached hydrogens (primary N) is 1. The number of anilines is 1. The van der Waals surface area contributed by atoms with Crippen LogP contribution >= 0.6 is 22.6 Å². The maximum absolute atomic E-state index is 8.90. The Morgan fingerprint density at radius 1 is 1.38 bits per heavy atom. The van der Waals surface area contributed by atoms with Gasteiger partial charge in [-0.1, -0.05) is 6.07 Å². The Morgan fingerprint density at radius 2 is 2.24 bits per heavy atom. The van der Waals surface area contributed by atoms with Gasteiger partial charge in [0.1, 0.15) is 12.3 Å². The van der Waals surface area contributed by atoms with Crippen molar-refractivity contribution in [2.75, 3.05) is 5.73 Å². The summed E-state index contributed by atoms with van der Waals surface area (Å²) < 4.78 is 8.51. The summed E-state index contributed by atoms with van der Waals surface area (Å²) in [5, 5.41) is 8.90. The number of pyridine rings is 1. The lowest BCUT2D eigenvalue weighted by molar-refractivity contribution is 0.301. The van der Waals surface area contributed by atoms with Crippen LogP contribution in [0.2, 0.25) is 0 Å². The van der Waals surface area contributed by atoms with E-state index in [4.69, 9.17) is 15.7 Å². The highest BCUT2D eigenvalue weighted by atomic mass is 127. The molecule has 0 aliphatic heterocycles. The van der Waals surface area contributed by atoms with E-state index in [9.17, 15) is 0 Å². The molecule has 3 aromatic rings. The number of halogens is 1. The van der Waals surface area contributed by atoms with Crippen molar-refractivity contribution in [3.63, 3.8) is 0 Å². The summed E-state index contributed by atoms with van der Waals surface area (Å²) in [6, 6.07) is 11.2. The number of imidazole rings is 1. The lowest BCUT2D eigenvalue weighted by Gasteiger charge is -2.10. The van der Waals surface area contributed by atoms with Gasteiger partial charge in [-0.25, -0.2) is 4.98 Å². The van der Waals surface area contributed by atoms with E-state index in [2.05, 4.69) is 33.6 Å². The fourth-order valence-corrected chi connectivity index (χ4v) is 2.84. The van der Waals surface area contributed by atoms with E-state index < -0.39 is 0 Å². The average molecular weight is 390 g/mol. The maximum atomic E-state index is 8.90. The van der Waals surface area contributed by atoms with Gasteiger partial charge in [0.05, 0.1) is 26.6 Å². The second-order valence-electron chi connectivity index (χ2n) is 4.48. The third-order valence-electron chi connectivity index (χ3n) is 2.98. The van der Waals surface area contributed by atoms with Gasteiger partial charge in [-0.3, -0.25) is 0 Å². The molecule has 21 heavy (non-hydrogen) atoms. The Bertz CT molecular complexity index is 794. The Labute approximate surface area is 135 Å². The highest BCUT2D eigenvalue weighted by Gasteiger charge is 2.10. The molecule has 2 heterocycles. The summed E-state index contributed by atoms with van der Waals surface area (Å²) >= 11 is 2.11. The van der Waals surface area contributed by atoms with E-state index in [1.54, 1.807) is 12.1 Å². The van der Waals surface area contributed by atoms with Gasteiger partial charge in [0.25, 0.3) is 0 Å². The summed E-state index contributed by atoms with van der Waals surface area (Å²) in [7, 11) is 0. The topological polar surface area (TPSA) is 76.3 Å². The monoisotopic (exact) mass is 390 g/mol. The van der Waals surface area contributed by atoms with Gasteiger partial charge in [0, 0.05) is 12.4 Å². The molecule has 0 spiro atoms. The van der Waals surface area contributed by atoms with Crippen molar-refractivity contribution in [3.8, 4) is 11.8 Å². The molecule has 104 valence electrons. The third kappa shape index (κ3) is 2.78. The molecule has 0 saturated heterocycles. The number of aromatic nitrogens is 2. The minimum absolute atomic E-state index is 0.327. The van der Waals surface area contributed by atoms with E-state index in [0.29, 0.717) is 23.6 Å². The van der Waals surface area contributed by atoms with Crippen LogP contribution in [0.25, 0.3) is 5.65 Å². The van der Waals surface area contributed by atoms with Crippen LogP contribution in [0, 0.1) is 14.9 Å². The smallest absolute Gasteiger partial charge is 0.156 e. The molecular weight excluding hydrogens is 379 g/mol. The Kier molecular flexibility index (Phi) is 3.66. The van der Waals surface area contributed by atoms with Crippen LogP contribution in [-0.2, 0) is 6.61 Å². The molecule has 6 heteroatoms. The van der Waals surface area contributed by atoms with Gasteiger partial charge in [-0.05, 0) is 46.9 Å². The fourth-order valence-electron chi connectivity index (χ4n) is 2.03. The van der Waals surface area contributed by atoms with Crippen molar-refractivity contribution in [2.24, 2.45) is 0 Å². The Balaban J connectivity index is 1.83. The fraction of sp³-hybridized carbons (Fsp3) is 0.0667. The second-order valence-corrected chi connectivity index (χ2v) is 5.64. The van der Waals surface area contributed by atoms with Crippen molar-refractivity contribution < 1.29 is 4.74 Å². The van der Waals surface area contributed by atoms with Gasteiger partial charge >= 0.3 is 0 Å². The van der Waals surface area contributed by atoms with Gasteiger partial charge in [0.15, 0.2) is 5.75 Å². The van der Waals surface area contributed by atoms with Crippen molar-refractivity contribution in [3.05, 3.63) is 57.6 Å². The minimum Gasteiger partial charge on any atom is -0.484 e. The molecule has 0 fully saturated rings. The van der Waals surface area contributed by atoms with Crippen molar-refractivity contribution in [1.29, 1.82) is 5.26 Å². The number of benzene rings is 1. The van der Waals surface area contributed by atoms with Crippen LogP contribution in [0.5, 0.6) is 5.75 Å². The van der Waals surface area contributed by atoms with Crippen LogP contribution in [-0.4, -0.2) is 9.38 Å². The van der Waals surface area contributed by atoms with E-state index in [1.807, 2.05) is 35.0 Å². The molecule has 5 nitrogen and oxygen atoms in total. The van der Waals surface area contributed by atoms with E-state index in [0.717, 1.165) is 14.9 Å². The van der Waals surface area contributed by atoms with Gasteiger partial charge in [-0.15, -0.1) is 0 Å². The predicted molar refractivity (Wildman–Crippen MR) is 87.8 cm³/mol. The highest BCUT2D eigenvalue weighted by molar-refractivity contribution is 14.1. The van der Waals surface area contributed by atoms with E-state index >= 15 is 0 Å². The normalized spacial score (nSPS) is 10.5. The summed E-state index contributed by atoms with van der Waals surface area (Å²) in [6.45, 7) is 0.327. The first kappa shape index (κ1) is 13.7. The molecule has 0 bridgehead atoms. The average Bonchev–Trinajstić information content (AvgIpc) is 2.88. The zero-order valence-electron chi connectivity index (χ0n) is 11.0. The quantitative estimate of drug-likeness (QED) is 0.551. The number of fused-ring (bicyclic) bond motifs is 1. The molecule has 2 aromatic heterocycles. The van der Waals surface area contributed by atoms with Crippen LogP contribution in [0.3, 0.4) is 0 Å². The molecule has 0 aliphatic carbocycles. The largest absolute Gasteiger partial charge is 0.484 e. The van der Waals surface area contributed by atoms with Crippen molar-refractivity contribution in [1.82, 2.24) is 9.38 Å². The first-order valence-corrected chi connectivity index (χ1v) is 7.30. The second kappa shape index (κ2) is 5.61. The first-order valence-electron chi connectivity index (χ1n) is 6.22. The molecule has 2 N–H and O–H groups in total. The standard InChI is InChI=1S/C15H11IN4O/c16-12-5-10(7-17)6-13(18)15(12)21-9-11-8-20-4-2-1-3-14(20)19-11/h1-6,8H,9,18H2. The Hall–Kier alpha value is -2.27. The molecular formula is C15H11IN4O. The Morgan fingerprint density at radius 3 is 2.95 bits per heavy atom. The number of rotatable bonds is 3. The molecule has 0 atom stereocenters. The third-order valence-corrected chi connectivity index (χ3v) is 3.78. The summed E-state index contributed by atoms with van der Waals surface area (Å²) in [5.41, 5.74) is 8.61. The molecule has 0 radical (unpaired) electrons. The number of nitrogen functional groups attached to an aromatic ring is 1. The SMILES string of the molecule is N#Cc1cc(N)c(OCc2cn3ccccc3n2)c(I)c1. The van der Waals surface area contributed by atoms with Gasteiger partial charge in [0.2, 0.25) is 0 Å². The molecule has 0 saturated carbocycles. The lowest BCUT2D eigenvalue weighted by Crippen LogP contribution is -2.01. The molecule has 0 aliphatic rings. The minimum atomic E-state index is 0.327. The highest BCUT2D eigenvalue weighted by Crippen LogP contribution is 2.30. The number of nitrogens with zero attached hydrogens (tertiary/aromatic N) is 3. The maximum Gasteiger partial charge on any atom is 0.156 e. The van der Waals surface area contributed by atoms with Crippen LogP contribution in [0.1, 0.15) is 11.3 Å². The zero-order valence-corrected chi connectivity index (χ0v) is 13.1. The zero-order chi connectivity index (χ0) is 14.8. The van der Waals surface area contributed by atoms with Gasteiger partial charge < -0.3 is 14.9 Å². The first-order chi connectivity index (χ1) is 10.2. The molecule has 3 rings (SSSR count). The molecule has 1 aromatic carbocycles. The lowest BCUT2D eigenvalue weighted by atomic mass is 10.2. The number of ether oxygens (including phenoxy) is 1. The number of nitriles is 1. The number of hydrogen-bond acceptors (Lipinski definition) is 4. The van der Waals surface area contributed by atoms with Crippen LogP contribution in [0.4, 0.5) is 5.69 Å². The van der Waals surface area contributed by atoms with Crippen LogP contribution < -0.4 is 10.5 Å². The summed E-state index contributed by atoms with van der Waals surface area (Å²) in [6.07, 6.45) is 3.85. The summed E-state index contributed by atoms with van der Waals surface area (Å²) in [5.74, 6) is 0.589. The predicted octanol–water partition coefficient (Wildman–Crippen LogP) is 2.97. The van der Waals surface area contributed by atoms with Crippen LogP contribution in [0.15, 0.2) is 42.7 Å². The molecule has 0 amide bonds. The summed E-state index contributed by atoms with van der Waals surface area (Å²) in [4.78, 5) is 4.46. The van der Waals surface area contributed by atoms with E-state index in [1.165, 1.54) is 0 Å². The van der Waals surface area contributed by atoms with E-state index in [-0.39, 0.29) is 0 Å². The van der Waals surface area contributed by atoms with Gasteiger partial charge in [-0.2, -0.15) is 5.26 Å².